The Morgan fingerprint density at radius 3 is 3.05 bits per heavy atom. The van der Waals surface area contributed by atoms with Crippen molar-refractivity contribution >= 4 is 28.7 Å². The normalized spacial score (nSPS) is 18.1. The lowest BCUT2D eigenvalue weighted by Crippen LogP contribution is -2.22. The van der Waals surface area contributed by atoms with E-state index in [0.717, 1.165) is 22.3 Å². The molecule has 0 amide bonds. The van der Waals surface area contributed by atoms with Crippen molar-refractivity contribution in [1.82, 2.24) is 18.5 Å². The van der Waals surface area contributed by atoms with Crippen LogP contribution in [0.4, 0.5) is 0 Å². The lowest BCUT2D eigenvalue weighted by atomic mass is 9.89. The second kappa shape index (κ2) is 4.11. The van der Waals surface area contributed by atoms with Crippen LogP contribution in [0.3, 0.4) is 0 Å². The molecule has 0 N–H and O–H groups in total. The largest absolute Gasteiger partial charge is 0.426 e. The molecular weight excluding hydrogens is 276 g/mol. The van der Waals surface area contributed by atoms with E-state index in [1.165, 1.54) is 11.7 Å². The SMILES string of the molecule is Cn1nccc1[C@@H]1CC(=O)Oc2ccc3nsnc3c21. The van der Waals surface area contributed by atoms with Crippen LogP contribution in [-0.4, -0.2) is 24.5 Å². The second-order valence-corrected chi connectivity index (χ2v) is 5.25. The monoisotopic (exact) mass is 286 g/mol. The van der Waals surface area contributed by atoms with Gasteiger partial charge in [-0.3, -0.25) is 9.48 Å². The first-order valence-electron chi connectivity index (χ1n) is 6.18. The van der Waals surface area contributed by atoms with E-state index in [9.17, 15) is 4.79 Å². The summed E-state index contributed by atoms with van der Waals surface area (Å²) in [7, 11) is 1.87. The molecule has 3 heterocycles. The molecule has 0 fully saturated rings. The zero-order valence-corrected chi connectivity index (χ0v) is 11.4. The zero-order chi connectivity index (χ0) is 13.7. The fraction of sp³-hybridized carbons (Fsp3) is 0.231. The fourth-order valence-electron chi connectivity index (χ4n) is 2.69. The van der Waals surface area contributed by atoms with Gasteiger partial charge in [-0.05, 0) is 18.2 Å². The van der Waals surface area contributed by atoms with Crippen LogP contribution in [-0.2, 0) is 11.8 Å². The van der Waals surface area contributed by atoms with E-state index in [-0.39, 0.29) is 11.9 Å². The van der Waals surface area contributed by atoms with Crippen LogP contribution in [0.2, 0.25) is 0 Å². The number of hydrogen-bond donors (Lipinski definition) is 0. The molecule has 20 heavy (non-hydrogen) atoms. The quantitative estimate of drug-likeness (QED) is 0.504. The van der Waals surface area contributed by atoms with Gasteiger partial charge in [0, 0.05) is 30.4 Å². The number of nitrogens with zero attached hydrogens (tertiary/aromatic N) is 4. The van der Waals surface area contributed by atoms with Crippen molar-refractivity contribution in [2.45, 2.75) is 12.3 Å². The molecule has 0 saturated carbocycles. The summed E-state index contributed by atoms with van der Waals surface area (Å²) in [5, 5.41) is 4.19. The molecule has 0 unspecified atom stereocenters. The van der Waals surface area contributed by atoms with E-state index >= 15 is 0 Å². The van der Waals surface area contributed by atoms with Gasteiger partial charge in [0.05, 0.1) is 18.1 Å². The van der Waals surface area contributed by atoms with Crippen LogP contribution in [0.1, 0.15) is 23.6 Å². The van der Waals surface area contributed by atoms with E-state index < -0.39 is 0 Å². The maximum Gasteiger partial charge on any atom is 0.312 e. The molecule has 1 atom stereocenters. The van der Waals surface area contributed by atoms with Crippen LogP contribution >= 0.6 is 11.7 Å². The van der Waals surface area contributed by atoms with E-state index in [2.05, 4.69) is 13.8 Å². The molecule has 6 nitrogen and oxygen atoms in total. The molecule has 0 bridgehead atoms. The van der Waals surface area contributed by atoms with Gasteiger partial charge in [-0.25, -0.2) is 0 Å². The number of aromatic nitrogens is 4. The molecule has 3 aromatic rings. The average molecular weight is 286 g/mol. The molecule has 1 aliphatic rings. The maximum atomic E-state index is 11.8. The van der Waals surface area contributed by atoms with E-state index in [1.807, 2.05) is 19.2 Å². The van der Waals surface area contributed by atoms with Crippen LogP contribution in [0.25, 0.3) is 11.0 Å². The highest BCUT2D eigenvalue weighted by Crippen LogP contribution is 2.41. The summed E-state index contributed by atoms with van der Waals surface area (Å²) in [5.74, 6) is 0.255. The Kier molecular flexibility index (Phi) is 2.37. The number of rotatable bonds is 1. The maximum absolute atomic E-state index is 11.8. The molecule has 0 aliphatic carbocycles. The first kappa shape index (κ1) is 11.5. The van der Waals surface area contributed by atoms with Gasteiger partial charge in [0.1, 0.15) is 16.8 Å². The highest BCUT2D eigenvalue weighted by atomic mass is 32.1. The van der Waals surface area contributed by atoms with Gasteiger partial charge in [0.15, 0.2) is 0 Å². The lowest BCUT2D eigenvalue weighted by Gasteiger charge is -2.24. The van der Waals surface area contributed by atoms with Gasteiger partial charge < -0.3 is 4.74 Å². The number of carbonyl (C=O) groups is 1. The molecule has 2 aromatic heterocycles. The molecule has 7 heteroatoms. The Morgan fingerprint density at radius 1 is 1.35 bits per heavy atom. The Labute approximate surface area is 118 Å². The summed E-state index contributed by atoms with van der Waals surface area (Å²) in [5.41, 5.74) is 3.55. The van der Waals surface area contributed by atoms with E-state index in [1.54, 1.807) is 16.9 Å². The van der Waals surface area contributed by atoms with Gasteiger partial charge >= 0.3 is 5.97 Å². The zero-order valence-electron chi connectivity index (χ0n) is 10.6. The first-order chi connectivity index (χ1) is 9.74. The minimum atomic E-state index is -0.230. The predicted molar refractivity (Wildman–Crippen MR) is 72.7 cm³/mol. The average Bonchev–Trinajstić information content (AvgIpc) is 3.05. The minimum absolute atomic E-state index is 0.0913. The number of fused-ring (bicyclic) bond motifs is 3. The second-order valence-electron chi connectivity index (χ2n) is 4.72. The van der Waals surface area contributed by atoms with Gasteiger partial charge in [-0.2, -0.15) is 13.8 Å². The summed E-state index contributed by atoms with van der Waals surface area (Å²) in [4.78, 5) is 11.8. The lowest BCUT2D eigenvalue weighted by molar-refractivity contribution is -0.135. The molecule has 4 rings (SSSR count). The van der Waals surface area contributed by atoms with Gasteiger partial charge in [-0.15, -0.1) is 0 Å². The molecule has 1 aliphatic heterocycles. The highest BCUT2D eigenvalue weighted by Gasteiger charge is 2.32. The Morgan fingerprint density at radius 2 is 2.25 bits per heavy atom. The predicted octanol–water partition coefficient (Wildman–Crippen LogP) is 1.87. The van der Waals surface area contributed by atoms with Crippen molar-refractivity contribution in [3.8, 4) is 5.75 Å². The number of ether oxygens (including phenoxy) is 1. The van der Waals surface area contributed by atoms with Gasteiger partial charge in [0.2, 0.25) is 0 Å². The van der Waals surface area contributed by atoms with Crippen molar-refractivity contribution in [2.75, 3.05) is 0 Å². The third-order valence-electron chi connectivity index (χ3n) is 3.59. The summed E-state index contributed by atoms with van der Waals surface area (Å²) in [6.45, 7) is 0. The molecule has 0 saturated heterocycles. The Bertz CT molecular complexity index is 823. The minimum Gasteiger partial charge on any atom is -0.426 e. The van der Waals surface area contributed by atoms with E-state index in [4.69, 9.17) is 4.74 Å². The van der Waals surface area contributed by atoms with Gasteiger partial charge in [0.25, 0.3) is 0 Å². The number of esters is 1. The molecular formula is C13H10N4O2S. The van der Waals surface area contributed by atoms with Crippen molar-refractivity contribution < 1.29 is 9.53 Å². The van der Waals surface area contributed by atoms with Crippen molar-refractivity contribution in [3.63, 3.8) is 0 Å². The van der Waals surface area contributed by atoms with E-state index in [0.29, 0.717) is 12.2 Å². The number of hydrogen-bond acceptors (Lipinski definition) is 6. The van der Waals surface area contributed by atoms with Crippen molar-refractivity contribution in [2.24, 2.45) is 7.05 Å². The first-order valence-corrected chi connectivity index (χ1v) is 6.91. The van der Waals surface area contributed by atoms with Crippen molar-refractivity contribution in [1.29, 1.82) is 0 Å². The Balaban J connectivity index is 2.01. The smallest absolute Gasteiger partial charge is 0.312 e. The summed E-state index contributed by atoms with van der Waals surface area (Å²) < 4.78 is 15.7. The van der Waals surface area contributed by atoms with Crippen LogP contribution in [0.5, 0.6) is 5.75 Å². The standard InChI is InChI=1S/C13H10N4O2S/c1-17-9(4-5-14-17)7-6-11(18)19-10-3-2-8-13(12(7)10)16-20-15-8/h2-5,7H,6H2,1H3/t7-/m0/s1. The fourth-order valence-corrected chi connectivity index (χ4v) is 3.24. The summed E-state index contributed by atoms with van der Waals surface area (Å²) in [6, 6.07) is 5.54. The van der Waals surface area contributed by atoms with Crippen LogP contribution in [0, 0.1) is 0 Å². The van der Waals surface area contributed by atoms with Crippen LogP contribution in [0.15, 0.2) is 24.4 Å². The number of aryl methyl sites for hydroxylation is 1. The molecule has 100 valence electrons. The number of benzene rings is 1. The third-order valence-corrected chi connectivity index (χ3v) is 4.13. The molecule has 0 radical (unpaired) electrons. The third kappa shape index (κ3) is 1.56. The summed E-state index contributed by atoms with van der Waals surface area (Å²) >= 11 is 1.17. The molecule has 1 aromatic carbocycles. The molecule has 0 spiro atoms. The Hall–Kier alpha value is -2.28. The van der Waals surface area contributed by atoms with Crippen LogP contribution < -0.4 is 4.74 Å². The summed E-state index contributed by atoms with van der Waals surface area (Å²) in [6.07, 6.45) is 2.03. The number of carbonyl (C=O) groups excluding carboxylic acids is 1. The highest BCUT2D eigenvalue weighted by molar-refractivity contribution is 7.00. The van der Waals surface area contributed by atoms with Crippen molar-refractivity contribution in [3.05, 3.63) is 35.7 Å². The topological polar surface area (TPSA) is 69.9 Å². The van der Waals surface area contributed by atoms with Gasteiger partial charge in [-0.1, -0.05) is 0 Å².